The van der Waals surface area contributed by atoms with Crippen LogP contribution >= 0.6 is 38.9 Å². The zero-order chi connectivity index (χ0) is 12.2. The van der Waals surface area contributed by atoms with Gasteiger partial charge in [0.25, 0.3) is 10.0 Å². The van der Waals surface area contributed by atoms with Gasteiger partial charge < -0.3 is 4.74 Å². The third-order valence-corrected chi connectivity index (χ3v) is 6.04. The Labute approximate surface area is 112 Å². The van der Waals surface area contributed by atoms with Crippen LogP contribution in [0.2, 0.25) is 0 Å². The number of nitrogens with one attached hydrogen (secondary N) is 1. The summed E-state index contributed by atoms with van der Waals surface area (Å²) in [4.78, 5) is 0. The van der Waals surface area contributed by atoms with Crippen LogP contribution in [0.15, 0.2) is 20.1 Å². The molecule has 0 radical (unpaired) electrons. The molecule has 0 amide bonds. The van der Waals surface area contributed by atoms with E-state index < -0.39 is 10.0 Å². The molecule has 0 saturated carbocycles. The van der Waals surface area contributed by atoms with Crippen LogP contribution in [0.25, 0.3) is 0 Å². The highest BCUT2D eigenvalue weighted by Gasteiger charge is 2.19. The Morgan fingerprint density at radius 2 is 2.38 bits per heavy atom. The fraction of sp³-hybridized carbons (Fsp3) is 0.500. The van der Waals surface area contributed by atoms with Crippen molar-refractivity contribution in [3.63, 3.8) is 0 Å². The number of hydrogen-bond donors (Lipinski definition) is 1. The van der Waals surface area contributed by atoms with Gasteiger partial charge in [-0.1, -0.05) is 0 Å². The molecule has 1 heterocycles. The van der Waals surface area contributed by atoms with Gasteiger partial charge in [-0.15, -0.1) is 22.9 Å². The smallest absolute Gasteiger partial charge is 0.251 e. The number of ether oxygens (including phenoxy) is 1. The molecule has 0 fully saturated rings. The molecule has 1 rings (SSSR count). The van der Waals surface area contributed by atoms with Gasteiger partial charge in [0.1, 0.15) is 4.21 Å². The van der Waals surface area contributed by atoms with Crippen molar-refractivity contribution in [2.45, 2.75) is 9.59 Å². The summed E-state index contributed by atoms with van der Waals surface area (Å²) in [5, 5.41) is 1.32. The Morgan fingerprint density at radius 3 is 2.88 bits per heavy atom. The van der Waals surface area contributed by atoms with Crippen LogP contribution in [0, 0.1) is 0 Å². The molecule has 0 bridgehead atoms. The topological polar surface area (TPSA) is 55.4 Å². The van der Waals surface area contributed by atoms with Crippen LogP contribution in [0.4, 0.5) is 0 Å². The minimum absolute atomic E-state index is 0.141. The number of sulfonamides is 1. The number of halogens is 2. The lowest BCUT2D eigenvalue weighted by atomic mass is 10.5. The van der Waals surface area contributed by atoms with Crippen LogP contribution < -0.4 is 4.72 Å². The monoisotopic (exact) mass is 347 g/mol. The first kappa shape index (κ1) is 14.4. The molecule has 0 aliphatic rings. The number of hydrogen-bond acceptors (Lipinski definition) is 4. The van der Waals surface area contributed by atoms with E-state index >= 15 is 0 Å². The van der Waals surface area contributed by atoms with E-state index in [0.717, 1.165) is 11.3 Å². The molecule has 4 nitrogen and oxygen atoms in total. The highest BCUT2D eigenvalue weighted by molar-refractivity contribution is 9.10. The van der Waals surface area contributed by atoms with E-state index in [9.17, 15) is 8.42 Å². The van der Waals surface area contributed by atoms with E-state index in [0.29, 0.717) is 11.1 Å². The van der Waals surface area contributed by atoms with Crippen molar-refractivity contribution in [1.82, 2.24) is 4.72 Å². The van der Waals surface area contributed by atoms with Gasteiger partial charge in [-0.25, -0.2) is 13.1 Å². The van der Waals surface area contributed by atoms with Crippen molar-refractivity contribution < 1.29 is 13.2 Å². The van der Waals surface area contributed by atoms with Crippen molar-refractivity contribution in [2.24, 2.45) is 0 Å². The number of methoxy groups -OCH3 is 1. The lowest BCUT2D eigenvalue weighted by Gasteiger charge is -2.09. The second-order valence-corrected chi connectivity index (χ2v) is 7.31. The van der Waals surface area contributed by atoms with Gasteiger partial charge >= 0.3 is 0 Å². The highest BCUT2D eigenvalue weighted by Crippen LogP contribution is 2.27. The number of thiophene rings is 1. The molecule has 8 heteroatoms. The molecule has 1 unspecified atom stereocenters. The fourth-order valence-corrected chi connectivity index (χ4v) is 4.73. The Morgan fingerprint density at radius 1 is 1.69 bits per heavy atom. The first-order valence-corrected chi connectivity index (χ1v) is 7.92. The highest BCUT2D eigenvalue weighted by atomic mass is 79.9. The molecule has 92 valence electrons. The van der Waals surface area contributed by atoms with Gasteiger partial charge in [0.2, 0.25) is 0 Å². The summed E-state index contributed by atoms with van der Waals surface area (Å²) in [6.45, 7) is 0.442. The van der Waals surface area contributed by atoms with Gasteiger partial charge in [0, 0.05) is 18.1 Å². The fourth-order valence-electron chi connectivity index (χ4n) is 0.977. The number of alkyl halides is 1. The van der Waals surface area contributed by atoms with Crippen molar-refractivity contribution in [3.8, 4) is 0 Å². The molecule has 1 aromatic heterocycles. The molecule has 0 aliphatic heterocycles. The molecule has 1 aromatic rings. The first-order chi connectivity index (χ1) is 7.47. The van der Waals surface area contributed by atoms with E-state index in [1.54, 1.807) is 11.4 Å². The predicted octanol–water partition coefficient (Wildman–Crippen LogP) is 2.04. The zero-order valence-electron chi connectivity index (χ0n) is 8.44. The van der Waals surface area contributed by atoms with Crippen LogP contribution in [-0.2, 0) is 14.8 Å². The standard InChI is InChI=1S/C8H11BrClNO3S2/c1-14-5-6(10)4-11-16(12,13)8-7(9)2-3-15-8/h2-3,6,11H,4-5H2,1H3. The molecule has 0 spiro atoms. The summed E-state index contributed by atoms with van der Waals surface area (Å²) >= 11 is 10.2. The molecule has 0 saturated heterocycles. The van der Waals surface area contributed by atoms with Crippen LogP contribution in [0.1, 0.15) is 0 Å². The second kappa shape index (κ2) is 6.32. The predicted molar refractivity (Wildman–Crippen MR) is 68.7 cm³/mol. The molecular formula is C8H11BrClNO3S2. The lowest BCUT2D eigenvalue weighted by Crippen LogP contribution is -2.31. The Kier molecular flexibility index (Phi) is 5.69. The van der Waals surface area contributed by atoms with E-state index in [4.69, 9.17) is 16.3 Å². The zero-order valence-corrected chi connectivity index (χ0v) is 12.4. The summed E-state index contributed by atoms with van der Waals surface area (Å²) in [6, 6.07) is 1.69. The van der Waals surface area contributed by atoms with E-state index in [2.05, 4.69) is 20.7 Å². The quantitative estimate of drug-likeness (QED) is 0.801. The average Bonchev–Trinajstić information content (AvgIpc) is 2.63. The third kappa shape index (κ3) is 3.97. The Bertz CT molecular complexity index is 434. The maximum atomic E-state index is 11.8. The second-order valence-electron chi connectivity index (χ2n) is 2.96. The summed E-state index contributed by atoms with van der Waals surface area (Å²) in [5.74, 6) is 0. The minimum Gasteiger partial charge on any atom is -0.383 e. The molecule has 16 heavy (non-hydrogen) atoms. The minimum atomic E-state index is -3.48. The van der Waals surface area contributed by atoms with Gasteiger partial charge in [-0.3, -0.25) is 0 Å². The SMILES string of the molecule is COCC(Cl)CNS(=O)(=O)c1sccc1Br. The van der Waals surface area contributed by atoms with E-state index in [1.807, 2.05) is 0 Å². The number of rotatable bonds is 6. The Balaban J connectivity index is 2.63. The molecule has 0 aliphatic carbocycles. The summed E-state index contributed by atoms with van der Waals surface area (Å²) < 4.78 is 31.6. The van der Waals surface area contributed by atoms with Gasteiger partial charge in [-0.2, -0.15) is 0 Å². The van der Waals surface area contributed by atoms with Crippen LogP contribution in [0.5, 0.6) is 0 Å². The van der Waals surface area contributed by atoms with Crippen LogP contribution in [-0.4, -0.2) is 34.1 Å². The summed E-state index contributed by atoms with van der Waals surface area (Å²) in [6.07, 6.45) is 0. The summed E-state index contributed by atoms with van der Waals surface area (Å²) in [5.41, 5.74) is 0. The van der Waals surface area contributed by atoms with Crippen molar-refractivity contribution >= 4 is 48.9 Å². The first-order valence-electron chi connectivity index (χ1n) is 4.33. The summed E-state index contributed by atoms with van der Waals surface area (Å²) in [7, 11) is -1.97. The maximum absolute atomic E-state index is 11.8. The average molecular weight is 349 g/mol. The molecule has 0 aromatic carbocycles. The van der Waals surface area contributed by atoms with Crippen molar-refractivity contribution in [2.75, 3.05) is 20.3 Å². The molecule has 1 atom stereocenters. The third-order valence-electron chi connectivity index (χ3n) is 1.67. The maximum Gasteiger partial charge on any atom is 0.251 e. The Hall–Kier alpha value is 0.340. The van der Waals surface area contributed by atoms with Crippen molar-refractivity contribution in [3.05, 3.63) is 15.9 Å². The van der Waals surface area contributed by atoms with Gasteiger partial charge in [-0.05, 0) is 27.4 Å². The van der Waals surface area contributed by atoms with Crippen LogP contribution in [0.3, 0.4) is 0 Å². The van der Waals surface area contributed by atoms with Gasteiger partial charge in [0.15, 0.2) is 0 Å². The molecule has 1 N–H and O–H groups in total. The van der Waals surface area contributed by atoms with E-state index in [1.165, 1.54) is 7.11 Å². The van der Waals surface area contributed by atoms with Crippen molar-refractivity contribution in [1.29, 1.82) is 0 Å². The lowest BCUT2D eigenvalue weighted by molar-refractivity contribution is 0.198. The molecular weight excluding hydrogens is 338 g/mol. The van der Waals surface area contributed by atoms with E-state index in [-0.39, 0.29) is 16.1 Å². The normalized spacial score (nSPS) is 13.9. The van der Waals surface area contributed by atoms with Gasteiger partial charge in [0.05, 0.1) is 12.0 Å². The largest absolute Gasteiger partial charge is 0.383 e.